The third-order valence-corrected chi connectivity index (χ3v) is 8.50. The molecule has 0 radical (unpaired) electrons. The molecule has 1 N–H and O–H groups in total. The summed E-state index contributed by atoms with van der Waals surface area (Å²) in [6.07, 6.45) is 7.68. The van der Waals surface area contributed by atoms with Crippen LogP contribution >= 0.6 is 11.6 Å². The summed E-state index contributed by atoms with van der Waals surface area (Å²) in [6, 6.07) is 9.64. The number of aromatic nitrogens is 1. The maximum Gasteiger partial charge on any atom is 0.253 e. The number of aliphatic hydroxyl groups excluding tert-OH is 1. The number of anilines is 1. The number of likely N-dealkylation sites (tertiary alicyclic amines) is 1. The molecule has 7 nitrogen and oxygen atoms in total. The van der Waals surface area contributed by atoms with E-state index in [9.17, 15) is 14.7 Å². The highest BCUT2D eigenvalue weighted by atomic mass is 35.5. The van der Waals surface area contributed by atoms with Gasteiger partial charge >= 0.3 is 0 Å². The number of rotatable bonds is 4. The number of carbonyl (C=O) groups excluding carboxylic acids is 2. The van der Waals surface area contributed by atoms with E-state index in [4.69, 9.17) is 16.6 Å². The van der Waals surface area contributed by atoms with Gasteiger partial charge in [-0.05, 0) is 68.7 Å². The standard InChI is InChI=1S/C28H35ClN4O3/c1-31(2)26(35)20-6-4-19(5-7-20)21-16-24(29)25(30-17-21)32-14-3-12-28(18-32)13-15-33(27(28)36)22-8-10-23(34)11-9-22/h4-7,16-17,22-23,34H,3,8-15,18H2,1-2H3/t22-,23+,28?. The summed E-state index contributed by atoms with van der Waals surface area (Å²) in [7, 11) is 3.47. The predicted octanol–water partition coefficient (Wildman–Crippen LogP) is 4.23. The van der Waals surface area contributed by atoms with Crippen molar-refractivity contribution in [1.82, 2.24) is 14.8 Å². The van der Waals surface area contributed by atoms with Crippen LogP contribution in [0.2, 0.25) is 5.02 Å². The predicted molar refractivity (Wildman–Crippen MR) is 141 cm³/mol. The Bertz CT molecular complexity index is 1130. The SMILES string of the molecule is CN(C)C(=O)c1ccc(-c2cnc(N3CCCC4(CCN([C@H]5CC[C@@H](O)CC5)C4=O)C3)c(Cl)c2)cc1. The minimum absolute atomic E-state index is 0.0341. The lowest BCUT2D eigenvalue weighted by Crippen LogP contribution is -2.50. The van der Waals surface area contributed by atoms with Crippen LogP contribution in [-0.4, -0.2) is 77.6 Å². The summed E-state index contributed by atoms with van der Waals surface area (Å²) in [5.41, 5.74) is 2.10. The summed E-state index contributed by atoms with van der Waals surface area (Å²) in [5, 5.41) is 10.4. The molecule has 192 valence electrons. The van der Waals surface area contributed by atoms with Gasteiger partial charge in [-0.15, -0.1) is 0 Å². The van der Waals surface area contributed by atoms with Crippen LogP contribution in [0.1, 0.15) is 55.3 Å². The molecule has 8 heteroatoms. The van der Waals surface area contributed by atoms with Crippen LogP contribution in [0.15, 0.2) is 36.5 Å². The molecule has 2 aromatic rings. The summed E-state index contributed by atoms with van der Waals surface area (Å²) in [6.45, 7) is 2.28. The molecule has 1 saturated carbocycles. The number of amides is 2. The molecule has 2 saturated heterocycles. The van der Waals surface area contributed by atoms with Gasteiger partial charge in [0.25, 0.3) is 5.91 Å². The zero-order valence-corrected chi connectivity index (χ0v) is 21.9. The fourth-order valence-corrected chi connectivity index (χ4v) is 6.43. The van der Waals surface area contributed by atoms with E-state index in [0.29, 0.717) is 17.1 Å². The Morgan fingerprint density at radius 1 is 1.08 bits per heavy atom. The van der Waals surface area contributed by atoms with Gasteiger partial charge in [0.1, 0.15) is 5.82 Å². The fraction of sp³-hybridized carbons (Fsp3) is 0.536. The van der Waals surface area contributed by atoms with E-state index in [1.165, 1.54) is 0 Å². The van der Waals surface area contributed by atoms with Crippen molar-refractivity contribution in [2.24, 2.45) is 5.41 Å². The molecule has 5 rings (SSSR count). The second kappa shape index (κ2) is 10.0. The van der Waals surface area contributed by atoms with Gasteiger partial charge in [-0.2, -0.15) is 0 Å². The van der Waals surface area contributed by atoms with Gasteiger partial charge in [0, 0.05) is 57.1 Å². The van der Waals surface area contributed by atoms with Crippen LogP contribution in [0.4, 0.5) is 5.82 Å². The number of nitrogens with zero attached hydrogens (tertiary/aromatic N) is 4. The number of hydrogen-bond acceptors (Lipinski definition) is 5. The van der Waals surface area contributed by atoms with Gasteiger partial charge in [0.05, 0.1) is 16.5 Å². The van der Waals surface area contributed by atoms with Crippen molar-refractivity contribution in [3.8, 4) is 11.1 Å². The number of halogens is 1. The second-order valence-corrected chi connectivity index (χ2v) is 11.2. The van der Waals surface area contributed by atoms with Crippen molar-refractivity contribution < 1.29 is 14.7 Å². The van der Waals surface area contributed by atoms with Crippen LogP contribution < -0.4 is 4.90 Å². The normalized spacial score (nSPS) is 26.5. The van der Waals surface area contributed by atoms with Gasteiger partial charge in [-0.25, -0.2) is 4.98 Å². The molecule has 36 heavy (non-hydrogen) atoms. The third-order valence-electron chi connectivity index (χ3n) is 8.22. The zero-order chi connectivity index (χ0) is 25.4. The Hall–Kier alpha value is -2.64. The molecule has 2 amide bonds. The Labute approximate surface area is 218 Å². The van der Waals surface area contributed by atoms with Gasteiger partial charge in [-0.3, -0.25) is 9.59 Å². The summed E-state index contributed by atoms with van der Waals surface area (Å²) in [5.74, 6) is 0.966. The summed E-state index contributed by atoms with van der Waals surface area (Å²) >= 11 is 6.75. The number of carbonyl (C=O) groups is 2. The zero-order valence-electron chi connectivity index (χ0n) is 21.1. The van der Waals surface area contributed by atoms with Gasteiger partial charge in [0.2, 0.25) is 5.91 Å². The first kappa shape index (κ1) is 25.0. The Morgan fingerprint density at radius 3 is 2.47 bits per heavy atom. The molecule has 3 fully saturated rings. The number of piperidine rings is 1. The van der Waals surface area contributed by atoms with Gasteiger partial charge < -0.3 is 19.8 Å². The van der Waals surface area contributed by atoms with E-state index < -0.39 is 0 Å². The quantitative estimate of drug-likeness (QED) is 0.666. The maximum absolute atomic E-state index is 13.6. The largest absolute Gasteiger partial charge is 0.393 e. The maximum atomic E-state index is 13.6. The molecular formula is C28H35ClN4O3. The van der Waals surface area contributed by atoms with Crippen LogP contribution in [-0.2, 0) is 4.79 Å². The smallest absolute Gasteiger partial charge is 0.253 e. The molecule has 1 aliphatic carbocycles. The van der Waals surface area contributed by atoms with Gasteiger partial charge in [-0.1, -0.05) is 23.7 Å². The number of pyridine rings is 1. The lowest BCUT2D eigenvalue weighted by Gasteiger charge is -2.41. The highest BCUT2D eigenvalue weighted by Gasteiger charge is 2.51. The average molecular weight is 511 g/mol. The first-order chi connectivity index (χ1) is 17.3. The number of hydrogen-bond donors (Lipinski definition) is 1. The van der Waals surface area contributed by atoms with E-state index in [2.05, 4.69) is 9.80 Å². The average Bonchev–Trinajstić information content (AvgIpc) is 3.19. The van der Waals surface area contributed by atoms with Crippen LogP contribution in [0.5, 0.6) is 0 Å². The van der Waals surface area contributed by atoms with Crippen LogP contribution in [0.3, 0.4) is 0 Å². The molecular weight excluding hydrogens is 476 g/mol. The molecule has 3 heterocycles. The van der Waals surface area contributed by atoms with Crippen LogP contribution in [0.25, 0.3) is 11.1 Å². The molecule has 2 aliphatic heterocycles. The van der Waals surface area contributed by atoms with E-state index in [0.717, 1.165) is 75.0 Å². The summed E-state index contributed by atoms with van der Waals surface area (Å²) in [4.78, 5) is 36.4. The Kier molecular flexibility index (Phi) is 6.97. The van der Waals surface area contributed by atoms with E-state index in [1.807, 2.05) is 36.5 Å². The summed E-state index contributed by atoms with van der Waals surface area (Å²) < 4.78 is 0. The van der Waals surface area contributed by atoms with Crippen LogP contribution in [0, 0.1) is 5.41 Å². The van der Waals surface area contributed by atoms with Crippen molar-refractivity contribution in [3.63, 3.8) is 0 Å². The van der Waals surface area contributed by atoms with Crippen molar-refractivity contribution in [3.05, 3.63) is 47.1 Å². The topological polar surface area (TPSA) is 77.0 Å². The van der Waals surface area contributed by atoms with Crippen molar-refractivity contribution in [2.75, 3.05) is 38.6 Å². The molecule has 1 aromatic carbocycles. The fourth-order valence-electron chi connectivity index (χ4n) is 6.14. The monoisotopic (exact) mass is 510 g/mol. The first-order valence-electron chi connectivity index (χ1n) is 13.0. The molecule has 0 bridgehead atoms. The Morgan fingerprint density at radius 2 is 1.81 bits per heavy atom. The van der Waals surface area contributed by atoms with E-state index >= 15 is 0 Å². The molecule has 3 aliphatic rings. The highest BCUT2D eigenvalue weighted by molar-refractivity contribution is 6.33. The third kappa shape index (κ3) is 4.71. The minimum atomic E-state index is -0.368. The minimum Gasteiger partial charge on any atom is -0.393 e. The second-order valence-electron chi connectivity index (χ2n) is 10.8. The molecule has 1 unspecified atom stereocenters. The molecule has 1 aromatic heterocycles. The lowest BCUT2D eigenvalue weighted by atomic mass is 9.78. The highest BCUT2D eigenvalue weighted by Crippen LogP contribution is 2.44. The van der Waals surface area contributed by atoms with Gasteiger partial charge in [0.15, 0.2) is 0 Å². The lowest BCUT2D eigenvalue weighted by molar-refractivity contribution is -0.139. The molecule has 1 atom stereocenters. The van der Waals surface area contributed by atoms with Crippen molar-refractivity contribution in [2.45, 2.75) is 57.1 Å². The molecule has 1 spiro atoms. The van der Waals surface area contributed by atoms with Crippen molar-refractivity contribution in [1.29, 1.82) is 0 Å². The number of benzene rings is 1. The van der Waals surface area contributed by atoms with E-state index in [1.54, 1.807) is 19.0 Å². The number of aliphatic hydroxyl groups is 1. The van der Waals surface area contributed by atoms with E-state index in [-0.39, 0.29) is 29.4 Å². The Balaban J connectivity index is 1.30. The first-order valence-corrected chi connectivity index (χ1v) is 13.4. The van der Waals surface area contributed by atoms with Crippen molar-refractivity contribution >= 4 is 29.2 Å².